The first-order chi connectivity index (χ1) is 8.61. The van der Waals surface area contributed by atoms with Crippen LogP contribution in [0.2, 0.25) is 5.02 Å². The Labute approximate surface area is 112 Å². The highest BCUT2D eigenvalue weighted by atomic mass is 35.5. The molecule has 2 rings (SSSR count). The van der Waals surface area contributed by atoms with Crippen molar-refractivity contribution >= 4 is 11.6 Å². The normalized spacial score (nSPS) is 12.7. The third kappa shape index (κ3) is 2.74. The molecule has 2 aromatic rings. The minimum Gasteiger partial charge on any atom is -0.386 e. The van der Waals surface area contributed by atoms with Gasteiger partial charge in [0.05, 0.1) is 16.9 Å². The molecule has 0 aliphatic rings. The summed E-state index contributed by atoms with van der Waals surface area (Å²) in [5.41, 5.74) is 3.00. The van der Waals surface area contributed by atoms with E-state index in [0.29, 0.717) is 23.7 Å². The lowest BCUT2D eigenvalue weighted by Crippen LogP contribution is -2.10. The van der Waals surface area contributed by atoms with Gasteiger partial charge in [0.1, 0.15) is 6.10 Å². The van der Waals surface area contributed by atoms with Gasteiger partial charge in [-0.1, -0.05) is 41.4 Å². The van der Waals surface area contributed by atoms with Crippen molar-refractivity contribution in [2.75, 3.05) is 0 Å². The topological polar surface area (TPSA) is 38.0 Å². The quantitative estimate of drug-likeness (QED) is 0.921. The molecule has 18 heavy (non-hydrogen) atoms. The standard InChI is InChI=1S/C14H17ClN2O/c1-3-17-14(12(15)9-16-17)13(18)8-11-6-4-10(2)5-7-11/h4-7,9,13,18H,3,8H2,1-2H3. The molecule has 0 spiro atoms. The Balaban J connectivity index is 2.18. The van der Waals surface area contributed by atoms with Crippen molar-refractivity contribution in [2.24, 2.45) is 0 Å². The molecule has 0 aliphatic carbocycles. The second-order valence-electron chi connectivity index (χ2n) is 4.40. The van der Waals surface area contributed by atoms with Crippen molar-refractivity contribution in [1.29, 1.82) is 0 Å². The minimum atomic E-state index is -0.623. The van der Waals surface area contributed by atoms with Gasteiger partial charge in [-0.3, -0.25) is 4.68 Å². The number of hydrogen-bond acceptors (Lipinski definition) is 2. The Morgan fingerprint density at radius 1 is 1.33 bits per heavy atom. The van der Waals surface area contributed by atoms with E-state index < -0.39 is 6.10 Å². The van der Waals surface area contributed by atoms with Gasteiger partial charge in [0.15, 0.2) is 0 Å². The van der Waals surface area contributed by atoms with Crippen molar-refractivity contribution in [3.8, 4) is 0 Å². The SMILES string of the molecule is CCn1ncc(Cl)c1C(O)Cc1ccc(C)cc1. The molecule has 1 aromatic carbocycles. The maximum atomic E-state index is 10.3. The predicted octanol–water partition coefficient (Wildman–Crippen LogP) is 3.14. The van der Waals surface area contributed by atoms with Crippen LogP contribution in [0.4, 0.5) is 0 Å². The van der Waals surface area contributed by atoms with Gasteiger partial charge in [0, 0.05) is 13.0 Å². The van der Waals surface area contributed by atoms with Crippen molar-refractivity contribution in [1.82, 2.24) is 9.78 Å². The van der Waals surface area contributed by atoms with Crippen LogP contribution in [-0.4, -0.2) is 14.9 Å². The van der Waals surface area contributed by atoms with Crippen LogP contribution in [-0.2, 0) is 13.0 Å². The molecular formula is C14H17ClN2O. The van der Waals surface area contributed by atoms with E-state index >= 15 is 0 Å². The van der Waals surface area contributed by atoms with Gasteiger partial charge < -0.3 is 5.11 Å². The summed E-state index contributed by atoms with van der Waals surface area (Å²) in [5.74, 6) is 0. The third-order valence-corrected chi connectivity index (χ3v) is 3.29. The van der Waals surface area contributed by atoms with E-state index in [1.165, 1.54) is 5.56 Å². The minimum absolute atomic E-state index is 0.525. The van der Waals surface area contributed by atoms with Crippen molar-refractivity contribution in [2.45, 2.75) is 32.9 Å². The van der Waals surface area contributed by atoms with Crippen LogP contribution in [0.1, 0.15) is 29.8 Å². The fraction of sp³-hybridized carbons (Fsp3) is 0.357. The highest BCUT2D eigenvalue weighted by molar-refractivity contribution is 6.31. The van der Waals surface area contributed by atoms with Crippen LogP contribution < -0.4 is 0 Å². The summed E-state index contributed by atoms with van der Waals surface area (Å²) in [6.07, 6.45) is 1.51. The van der Waals surface area contributed by atoms with Crippen LogP contribution in [0.25, 0.3) is 0 Å². The molecule has 4 heteroatoms. The van der Waals surface area contributed by atoms with E-state index in [9.17, 15) is 5.11 Å². The first-order valence-corrected chi connectivity index (χ1v) is 6.44. The molecule has 96 valence electrons. The van der Waals surface area contributed by atoms with Crippen molar-refractivity contribution in [3.05, 3.63) is 52.3 Å². The Bertz CT molecular complexity index is 519. The number of benzene rings is 1. The van der Waals surface area contributed by atoms with Crippen LogP contribution in [0.15, 0.2) is 30.5 Å². The van der Waals surface area contributed by atoms with Gasteiger partial charge in [-0.05, 0) is 19.4 Å². The Hall–Kier alpha value is -1.32. The second-order valence-corrected chi connectivity index (χ2v) is 4.81. The first-order valence-electron chi connectivity index (χ1n) is 6.06. The number of rotatable bonds is 4. The predicted molar refractivity (Wildman–Crippen MR) is 72.8 cm³/mol. The first kappa shape index (κ1) is 13.1. The average Bonchev–Trinajstić information content (AvgIpc) is 2.73. The number of aliphatic hydroxyl groups excluding tert-OH is 1. The number of halogens is 1. The Morgan fingerprint density at radius 3 is 2.61 bits per heavy atom. The van der Waals surface area contributed by atoms with E-state index in [0.717, 1.165) is 5.56 Å². The summed E-state index contributed by atoms with van der Waals surface area (Å²) >= 11 is 6.07. The second kappa shape index (κ2) is 5.55. The average molecular weight is 265 g/mol. The smallest absolute Gasteiger partial charge is 0.101 e. The number of aliphatic hydroxyl groups is 1. The number of aromatic nitrogens is 2. The maximum absolute atomic E-state index is 10.3. The largest absolute Gasteiger partial charge is 0.386 e. The van der Waals surface area contributed by atoms with Crippen LogP contribution in [0.5, 0.6) is 0 Å². The van der Waals surface area contributed by atoms with Gasteiger partial charge in [0.2, 0.25) is 0 Å². The summed E-state index contributed by atoms with van der Waals surface area (Å²) < 4.78 is 1.74. The van der Waals surface area contributed by atoms with Crippen LogP contribution in [0.3, 0.4) is 0 Å². The van der Waals surface area contributed by atoms with Gasteiger partial charge in [-0.2, -0.15) is 5.10 Å². The van der Waals surface area contributed by atoms with E-state index in [1.54, 1.807) is 10.9 Å². The number of hydrogen-bond donors (Lipinski definition) is 1. The van der Waals surface area contributed by atoms with Crippen molar-refractivity contribution < 1.29 is 5.11 Å². The van der Waals surface area contributed by atoms with Gasteiger partial charge in [-0.15, -0.1) is 0 Å². The Kier molecular flexibility index (Phi) is 4.04. The van der Waals surface area contributed by atoms with Crippen LogP contribution >= 0.6 is 11.6 Å². The van der Waals surface area contributed by atoms with E-state index in [4.69, 9.17) is 11.6 Å². The molecule has 0 fully saturated rings. The molecule has 0 aliphatic heterocycles. The highest BCUT2D eigenvalue weighted by Crippen LogP contribution is 2.25. The maximum Gasteiger partial charge on any atom is 0.101 e. The molecule has 0 bridgehead atoms. The summed E-state index contributed by atoms with van der Waals surface area (Å²) in [6, 6.07) is 8.14. The van der Waals surface area contributed by atoms with E-state index in [1.807, 2.05) is 38.1 Å². The molecule has 1 atom stereocenters. The third-order valence-electron chi connectivity index (χ3n) is 3.00. The van der Waals surface area contributed by atoms with Gasteiger partial charge in [0.25, 0.3) is 0 Å². The molecule has 0 amide bonds. The zero-order valence-electron chi connectivity index (χ0n) is 10.6. The monoisotopic (exact) mass is 264 g/mol. The highest BCUT2D eigenvalue weighted by Gasteiger charge is 2.17. The molecule has 1 aromatic heterocycles. The lowest BCUT2D eigenvalue weighted by molar-refractivity contribution is 0.167. The molecule has 3 nitrogen and oxygen atoms in total. The van der Waals surface area contributed by atoms with E-state index in [2.05, 4.69) is 5.10 Å². The van der Waals surface area contributed by atoms with Gasteiger partial charge in [-0.25, -0.2) is 0 Å². The summed E-state index contributed by atoms with van der Waals surface area (Å²) in [4.78, 5) is 0. The van der Waals surface area contributed by atoms with Crippen LogP contribution in [0, 0.1) is 6.92 Å². The summed E-state index contributed by atoms with van der Waals surface area (Å²) in [5, 5.41) is 14.9. The summed E-state index contributed by atoms with van der Waals surface area (Å²) in [7, 11) is 0. The number of nitrogens with zero attached hydrogens (tertiary/aromatic N) is 2. The zero-order chi connectivity index (χ0) is 13.1. The molecule has 0 saturated carbocycles. The van der Waals surface area contributed by atoms with Crippen molar-refractivity contribution in [3.63, 3.8) is 0 Å². The number of aryl methyl sites for hydroxylation is 2. The zero-order valence-corrected chi connectivity index (χ0v) is 11.4. The molecule has 1 N–H and O–H groups in total. The fourth-order valence-corrected chi connectivity index (χ4v) is 2.27. The molecular weight excluding hydrogens is 248 g/mol. The molecule has 1 unspecified atom stereocenters. The summed E-state index contributed by atoms with van der Waals surface area (Å²) in [6.45, 7) is 4.72. The lowest BCUT2D eigenvalue weighted by Gasteiger charge is -2.13. The molecule has 0 saturated heterocycles. The molecule has 1 heterocycles. The Morgan fingerprint density at radius 2 is 2.00 bits per heavy atom. The fourth-order valence-electron chi connectivity index (χ4n) is 2.00. The molecule has 0 radical (unpaired) electrons. The van der Waals surface area contributed by atoms with Gasteiger partial charge >= 0.3 is 0 Å². The lowest BCUT2D eigenvalue weighted by atomic mass is 10.0. The van der Waals surface area contributed by atoms with E-state index in [-0.39, 0.29) is 0 Å².